The molecule has 4 nitrogen and oxygen atoms in total. The Morgan fingerprint density at radius 3 is 2.54 bits per heavy atom. The van der Waals surface area contributed by atoms with E-state index in [0.717, 1.165) is 29.8 Å². The lowest BCUT2D eigenvalue weighted by atomic mass is 9.76. The van der Waals surface area contributed by atoms with Crippen molar-refractivity contribution in [1.82, 2.24) is 0 Å². The molecule has 128 valence electrons. The maximum absolute atomic E-state index is 13.2. The number of guanidine groups is 1. The van der Waals surface area contributed by atoms with Crippen molar-refractivity contribution in [1.29, 1.82) is 0 Å². The highest BCUT2D eigenvalue weighted by molar-refractivity contribution is 14.0. The summed E-state index contributed by atoms with van der Waals surface area (Å²) in [5.74, 6) is 1.38. The smallest absolute Gasteiger partial charge is 0.193 e. The van der Waals surface area contributed by atoms with Crippen LogP contribution in [0.25, 0.3) is 0 Å². The van der Waals surface area contributed by atoms with Gasteiger partial charge in [0.1, 0.15) is 11.6 Å². The van der Waals surface area contributed by atoms with Gasteiger partial charge < -0.3 is 15.8 Å². The molecule has 24 heavy (non-hydrogen) atoms. The quantitative estimate of drug-likeness (QED) is 0.426. The van der Waals surface area contributed by atoms with E-state index in [1.807, 2.05) is 30.3 Å². The zero-order valence-electron chi connectivity index (χ0n) is 13.4. The molecule has 0 saturated heterocycles. The lowest BCUT2D eigenvalue weighted by Gasteiger charge is -2.33. The molecule has 0 aromatic heterocycles. The predicted molar refractivity (Wildman–Crippen MR) is 106 cm³/mol. The third-order valence-corrected chi connectivity index (χ3v) is 4.12. The van der Waals surface area contributed by atoms with Crippen LogP contribution in [0.15, 0.2) is 53.5 Å². The number of nitrogens with two attached hydrogens (primary N) is 1. The minimum absolute atomic E-state index is 0. The van der Waals surface area contributed by atoms with Gasteiger partial charge in [-0.25, -0.2) is 9.38 Å². The van der Waals surface area contributed by atoms with E-state index in [2.05, 4.69) is 10.3 Å². The fraction of sp³-hybridized carbons (Fsp3) is 0.278. The summed E-state index contributed by atoms with van der Waals surface area (Å²) in [6.07, 6.45) is 1.79. The molecule has 3 N–H and O–H groups in total. The number of hydrogen-bond acceptors (Lipinski definition) is 2. The summed E-state index contributed by atoms with van der Waals surface area (Å²) in [6.45, 7) is 0. The average molecular weight is 441 g/mol. The molecule has 3 rings (SSSR count). The molecule has 1 aliphatic carbocycles. The fourth-order valence-electron chi connectivity index (χ4n) is 2.78. The third kappa shape index (κ3) is 4.59. The molecular weight excluding hydrogens is 420 g/mol. The van der Waals surface area contributed by atoms with Crippen LogP contribution in [0, 0.1) is 5.82 Å². The largest absolute Gasteiger partial charge is 0.497 e. The standard InChI is InChI=1S/C18H20FN3O.HI/c1-23-17-7-5-15(6-8-17)21-18(20)22-16-10-13(11-16)12-3-2-4-14(19)9-12;/h2-9,13,16H,10-11H2,1H3,(H3,20,21,22);1H. The lowest BCUT2D eigenvalue weighted by molar-refractivity contribution is 0.352. The van der Waals surface area contributed by atoms with Gasteiger partial charge in [-0.15, -0.1) is 24.0 Å². The zero-order valence-corrected chi connectivity index (χ0v) is 15.7. The first-order valence-electron chi connectivity index (χ1n) is 7.64. The van der Waals surface area contributed by atoms with E-state index in [9.17, 15) is 4.39 Å². The number of halogens is 2. The maximum atomic E-state index is 13.2. The summed E-state index contributed by atoms with van der Waals surface area (Å²) in [5, 5.41) is 3.07. The minimum Gasteiger partial charge on any atom is -0.497 e. The molecule has 0 radical (unpaired) electrons. The molecule has 0 amide bonds. The first-order valence-corrected chi connectivity index (χ1v) is 7.64. The number of nitrogens with zero attached hydrogens (tertiary/aromatic N) is 1. The Balaban J connectivity index is 0.00000208. The van der Waals surface area contributed by atoms with Crippen molar-refractivity contribution < 1.29 is 9.13 Å². The highest BCUT2D eigenvalue weighted by Crippen LogP contribution is 2.38. The van der Waals surface area contributed by atoms with E-state index in [0.29, 0.717) is 11.9 Å². The van der Waals surface area contributed by atoms with Gasteiger partial charge in [0.15, 0.2) is 5.96 Å². The molecule has 2 aromatic carbocycles. The second-order valence-electron chi connectivity index (χ2n) is 5.74. The topological polar surface area (TPSA) is 59.6 Å². The lowest BCUT2D eigenvalue weighted by Crippen LogP contribution is -2.31. The van der Waals surface area contributed by atoms with Crippen LogP contribution in [0.1, 0.15) is 24.3 Å². The first-order chi connectivity index (χ1) is 11.1. The summed E-state index contributed by atoms with van der Waals surface area (Å²) in [5.41, 5.74) is 7.85. The third-order valence-electron chi connectivity index (χ3n) is 4.12. The fourth-order valence-corrected chi connectivity index (χ4v) is 2.78. The van der Waals surface area contributed by atoms with Crippen molar-refractivity contribution in [2.24, 2.45) is 10.7 Å². The minimum atomic E-state index is -0.185. The van der Waals surface area contributed by atoms with Gasteiger partial charge in [-0.1, -0.05) is 12.1 Å². The number of rotatable bonds is 4. The molecular formula is C18H21FIN3O. The summed E-state index contributed by atoms with van der Waals surface area (Å²) < 4.78 is 18.3. The van der Waals surface area contributed by atoms with Gasteiger partial charge in [0.25, 0.3) is 0 Å². The number of aliphatic imine (C=N–C) groups is 1. The number of benzene rings is 2. The van der Waals surface area contributed by atoms with Crippen molar-refractivity contribution in [3.8, 4) is 5.75 Å². The van der Waals surface area contributed by atoms with Gasteiger partial charge in [-0.3, -0.25) is 0 Å². The van der Waals surface area contributed by atoms with Crippen molar-refractivity contribution in [3.63, 3.8) is 0 Å². The second kappa shape index (κ2) is 8.32. The van der Waals surface area contributed by atoms with Crippen molar-refractivity contribution in [3.05, 3.63) is 59.9 Å². The van der Waals surface area contributed by atoms with E-state index < -0.39 is 0 Å². The van der Waals surface area contributed by atoms with Crippen LogP contribution >= 0.6 is 24.0 Å². The van der Waals surface area contributed by atoms with Gasteiger partial charge in [0, 0.05) is 5.69 Å². The van der Waals surface area contributed by atoms with Gasteiger partial charge in [0.2, 0.25) is 0 Å². The van der Waals surface area contributed by atoms with Crippen LogP contribution in [-0.4, -0.2) is 19.1 Å². The first kappa shape index (κ1) is 18.5. The molecule has 0 unspecified atom stereocenters. The highest BCUT2D eigenvalue weighted by Gasteiger charge is 2.30. The monoisotopic (exact) mass is 441 g/mol. The molecule has 0 bridgehead atoms. The molecule has 0 aliphatic heterocycles. The summed E-state index contributed by atoms with van der Waals surface area (Å²) >= 11 is 0. The molecule has 0 heterocycles. The molecule has 1 fully saturated rings. The van der Waals surface area contributed by atoms with Gasteiger partial charge in [-0.05, 0) is 60.7 Å². The van der Waals surface area contributed by atoms with Gasteiger partial charge >= 0.3 is 0 Å². The number of methoxy groups -OCH3 is 1. The Morgan fingerprint density at radius 1 is 1.21 bits per heavy atom. The van der Waals surface area contributed by atoms with E-state index >= 15 is 0 Å². The SMILES string of the molecule is COc1ccc(NC(N)=NC2CC(c3cccc(F)c3)C2)cc1.I. The molecule has 6 heteroatoms. The van der Waals surface area contributed by atoms with Crippen molar-refractivity contribution >= 4 is 35.6 Å². The molecule has 1 aliphatic rings. The molecule has 0 atom stereocenters. The highest BCUT2D eigenvalue weighted by atomic mass is 127. The number of anilines is 1. The summed E-state index contributed by atoms with van der Waals surface area (Å²) in [7, 11) is 1.63. The second-order valence-corrected chi connectivity index (χ2v) is 5.74. The van der Waals surface area contributed by atoms with E-state index in [1.54, 1.807) is 19.2 Å². The average Bonchev–Trinajstić information content (AvgIpc) is 2.51. The van der Waals surface area contributed by atoms with E-state index in [-0.39, 0.29) is 35.8 Å². The number of ether oxygens (including phenoxy) is 1. The van der Waals surface area contributed by atoms with E-state index in [4.69, 9.17) is 10.5 Å². The maximum Gasteiger partial charge on any atom is 0.193 e. The Labute approximate surface area is 158 Å². The number of nitrogens with one attached hydrogen (secondary N) is 1. The van der Waals surface area contributed by atoms with Crippen LogP contribution in [0.5, 0.6) is 5.75 Å². The van der Waals surface area contributed by atoms with Crippen LogP contribution in [0.4, 0.5) is 10.1 Å². The van der Waals surface area contributed by atoms with Gasteiger partial charge in [0.05, 0.1) is 13.2 Å². The summed E-state index contributed by atoms with van der Waals surface area (Å²) in [4.78, 5) is 4.48. The Morgan fingerprint density at radius 2 is 1.92 bits per heavy atom. The van der Waals surface area contributed by atoms with Crippen molar-refractivity contribution in [2.75, 3.05) is 12.4 Å². The Bertz CT molecular complexity index is 700. The van der Waals surface area contributed by atoms with E-state index in [1.165, 1.54) is 6.07 Å². The zero-order chi connectivity index (χ0) is 16.2. The van der Waals surface area contributed by atoms with Crippen LogP contribution in [0.2, 0.25) is 0 Å². The van der Waals surface area contributed by atoms with Crippen molar-refractivity contribution in [2.45, 2.75) is 24.8 Å². The predicted octanol–water partition coefficient (Wildman–Crippen LogP) is 4.13. The van der Waals surface area contributed by atoms with Crippen LogP contribution < -0.4 is 15.8 Å². The van der Waals surface area contributed by atoms with Crippen LogP contribution in [0.3, 0.4) is 0 Å². The Kier molecular flexibility index (Phi) is 6.42. The molecule has 1 saturated carbocycles. The summed E-state index contributed by atoms with van der Waals surface area (Å²) in [6, 6.07) is 14.5. The molecule has 0 spiro atoms. The van der Waals surface area contributed by atoms with Gasteiger partial charge in [-0.2, -0.15) is 0 Å². The molecule has 2 aromatic rings. The Hall–Kier alpha value is -1.83. The normalized spacial score (nSPS) is 19.8. The van der Waals surface area contributed by atoms with Crippen LogP contribution in [-0.2, 0) is 0 Å². The number of hydrogen-bond donors (Lipinski definition) is 2.